The molecule has 0 saturated carbocycles. The number of hydrogen-bond acceptors (Lipinski definition) is 5. The largest absolute Gasteiger partial charge is 0.508 e. The quantitative estimate of drug-likeness (QED) is 0.796. The average Bonchev–Trinajstić information content (AvgIpc) is 2.62. The van der Waals surface area contributed by atoms with Crippen molar-refractivity contribution in [3.63, 3.8) is 0 Å². The van der Waals surface area contributed by atoms with Crippen LogP contribution in [0.15, 0.2) is 34.9 Å². The van der Waals surface area contributed by atoms with Crippen molar-refractivity contribution >= 4 is 6.01 Å². The molecule has 0 spiro atoms. The Balaban J connectivity index is 1.99. The molecule has 0 amide bonds. The molecule has 3 N–H and O–H groups in total. The molecule has 1 aromatic heterocycles. The number of rotatable bonds is 3. The minimum atomic E-state index is 0.115. The summed E-state index contributed by atoms with van der Waals surface area (Å²) in [6.45, 7) is 0.254. The normalized spacial score (nSPS) is 10.1. The van der Waals surface area contributed by atoms with Crippen LogP contribution in [0.5, 0.6) is 11.5 Å². The number of phenolic OH excluding ortho intramolecular Hbond substituents is 1. The Morgan fingerprint density at radius 3 is 3.00 bits per heavy atom. The van der Waals surface area contributed by atoms with Gasteiger partial charge >= 0.3 is 0 Å². The third kappa shape index (κ3) is 2.40. The maximum atomic E-state index is 9.18. The smallest absolute Gasteiger partial charge is 0.292 e. The molecule has 5 nitrogen and oxygen atoms in total. The number of nitrogens with zero attached hydrogens (tertiary/aromatic N) is 1. The molecule has 0 fully saturated rings. The van der Waals surface area contributed by atoms with Crippen LogP contribution in [0.3, 0.4) is 0 Å². The molecule has 0 aliphatic heterocycles. The van der Waals surface area contributed by atoms with Crippen LogP contribution in [0.1, 0.15) is 5.69 Å². The van der Waals surface area contributed by atoms with Gasteiger partial charge < -0.3 is 20.0 Å². The van der Waals surface area contributed by atoms with Crippen LogP contribution >= 0.6 is 0 Å². The molecule has 0 aliphatic carbocycles. The van der Waals surface area contributed by atoms with E-state index >= 15 is 0 Å². The van der Waals surface area contributed by atoms with E-state index in [1.807, 2.05) is 0 Å². The molecule has 1 heterocycles. The van der Waals surface area contributed by atoms with Crippen molar-refractivity contribution in [1.29, 1.82) is 0 Å². The minimum Gasteiger partial charge on any atom is -0.508 e. The highest BCUT2D eigenvalue weighted by Crippen LogP contribution is 2.18. The Morgan fingerprint density at radius 1 is 1.47 bits per heavy atom. The Labute approximate surface area is 86.1 Å². The van der Waals surface area contributed by atoms with Crippen LogP contribution in [0.4, 0.5) is 6.01 Å². The van der Waals surface area contributed by atoms with Crippen LogP contribution in [-0.2, 0) is 6.61 Å². The van der Waals surface area contributed by atoms with E-state index < -0.39 is 0 Å². The lowest BCUT2D eigenvalue weighted by Crippen LogP contribution is -1.95. The van der Waals surface area contributed by atoms with E-state index in [4.69, 9.17) is 14.9 Å². The molecule has 0 aliphatic rings. The van der Waals surface area contributed by atoms with Gasteiger partial charge in [0.15, 0.2) is 0 Å². The van der Waals surface area contributed by atoms with Gasteiger partial charge in [0, 0.05) is 6.07 Å². The zero-order chi connectivity index (χ0) is 10.7. The Morgan fingerprint density at radius 2 is 2.33 bits per heavy atom. The SMILES string of the molecule is Nc1nc(COc2cccc(O)c2)co1. The molecule has 0 atom stereocenters. The van der Waals surface area contributed by atoms with Gasteiger partial charge in [0.05, 0.1) is 0 Å². The van der Waals surface area contributed by atoms with Gasteiger partial charge in [-0.3, -0.25) is 0 Å². The van der Waals surface area contributed by atoms with Gasteiger partial charge in [-0.25, -0.2) is 0 Å². The van der Waals surface area contributed by atoms with Gasteiger partial charge in [-0.15, -0.1) is 0 Å². The number of anilines is 1. The summed E-state index contributed by atoms with van der Waals surface area (Å²) in [5.41, 5.74) is 5.91. The van der Waals surface area contributed by atoms with Crippen molar-refractivity contribution in [1.82, 2.24) is 4.98 Å². The van der Waals surface area contributed by atoms with E-state index in [2.05, 4.69) is 4.98 Å². The van der Waals surface area contributed by atoms with E-state index in [9.17, 15) is 5.11 Å². The second kappa shape index (κ2) is 3.91. The first-order valence-corrected chi connectivity index (χ1v) is 4.36. The van der Waals surface area contributed by atoms with Crippen molar-refractivity contribution < 1.29 is 14.3 Å². The van der Waals surface area contributed by atoms with Crippen molar-refractivity contribution in [2.45, 2.75) is 6.61 Å². The molecule has 0 bridgehead atoms. The first kappa shape index (κ1) is 9.39. The maximum absolute atomic E-state index is 9.18. The predicted molar refractivity (Wildman–Crippen MR) is 53.4 cm³/mol. The summed E-state index contributed by atoms with van der Waals surface area (Å²) < 4.78 is 10.2. The van der Waals surface area contributed by atoms with Crippen LogP contribution in [0.25, 0.3) is 0 Å². The fourth-order valence-corrected chi connectivity index (χ4v) is 1.12. The molecule has 2 aromatic rings. The highest BCUT2D eigenvalue weighted by Gasteiger charge is 2.01. The van der Waals surface area contributed by atoms with Crippen LogP contribution in [0, 0.1) is 0 Å². The molecule has 0 saturated heterocycles. The maximum Gasteiger partial charge on any atom is 0.292 e. The number of oxazole rings is 1. The summed E-state index contributed by atoms with van der Waals surface area (Å²) in [7, 11) is 0. The van der Waals surface area contributed by atoms with Crippen LogP contribution < -0.4 is 10.5 Å². The van der Waals surface area contributed by atoms with E-state index in [-0.39, 0.29) is 18.4 Å². The lowest BCUT2D eigenvalue weighted by atomic mass is 10.3. The first-order chi connectivity index (χ1) is 7.24. The lowest BCUT2D eigenvalue weighted by Gasteiger charge is -2.03. The molecule has 2 rings (SSSR count). The molecule has 78 valence electrons. The van der Waals surface area contributed by atoms with Crippen molar-refractivity contribution in [2.75, 3.05) is 5.73 Å². The molecular weight excluding hydrogens is 196 g/mol. The molecule has 15 heavy (non-hydrogen) atoms. The fourth-order valence-electron chi connectivity index (χ4n) is 1.12. The molecular formula is C10H10N2O3. The molecule has 0 unspecified atom stereocenters. The summed E-state index contributed by atoms with van der Waals surface area (Å²) in [5, 5.41) is 9.18. The Bertz CT molecular complexity index is 453. The van der Waals surface area contributed by atoms with Gasteiger partial charge in [0.1, 0.15) is 30.1 Å². The van der Waals surface area contributed by atoms with E-state index in [1.54, 1.807) is 18.2 Å². The summed E-state index contributed by atoms with van der Waals surface area (Å²) in [6, 6.07) is 6.64. The van der Waals surface area contributed by atoms with Crippen LogP contribution in [0.2, 0.25) is 0 Å². The van der Waals surface area contributed by atoms with Crippen molar-refractivity contribution in [2.24, 2.45) is 0 Å². The summed E-state index contributed by atoms with van der Waals surface area (Å²) in [4.78, 5) is 3.87. The minimum absolute atomic E-state index is 0.115. The van der Waals surface area contributed by atoms with E-state index in [0.29, 0.717) is 11.4 Å². The van der Waals surface area contributed by atoms with Crippen molar-refractivity contribution in [3.05, 3.63) is 36.2 Å². The predicted octanol–water partition coefficient (Wildman–Crippen LogP) is 1.54. The van der Waals surface area contributed by atoms with E-state index in [0.717, 1.165) is 0 Å². The Hall–Kier alpha value is -2.17. The van der Waals surface area contributed by atoms with E-state index in [1.165, 1.54) is 12.3 Å². The summed E-state index contributed by atoms with van der Waals surface area (Å²) in [5.74, 6) is 0.726. The number of aromatic nitrogens is 1. The number of aromatic hydroxyl groups is 1. The first-order valence-electron chi connectivity index (χ1n) is 4.36. The standard InChI is InChI=1S/C10H10N2O3/c11-10-12-7(6-15-10)5-14-9-3-1-2-8(13)4-9/h1-4,6,13H,5H2,(H2,11,12). The summed E-state index contributed by atoms with van der Waals surface area (Å²) in [6.07, 6.45) is 1.43. The number of ether oxygens (including phenoxy) is 1. The molecule has 1 aromatic carbocycles. The third-order valence-electron chi connectivity index (χ3n) is 1.77. The van der Waals surface area contributed by atoms with Gasteiger partial charge in [-0.1, -0.05) is 6.07 Å². The molecule has 5 heteroatoms. The zero-order valence-corrected chi connectivity index (χ0v) is 7.88. The lowest BCUT2D eigenvalue weighted by molar-refractivity contribution is 0.299. The number of nitrogens with two attached hydrogens (primary N) is 1. The highest BCUT2D eigenvalue weighted by molar-refractivity contribution is 5.31. The van der Waals surface area contributed by atoms with Gasteiger partial charge in [0.25, 0.3) is 6.01 Å². The zero-order valence-electron chi connectivity index (χ0n) is 7.88. The number of phenols is 1. The topological polar surface area (TPSA) is 81.5 Å². The second-order valence-electron chi connectivity index (χ2n) is 2.96. The van der Waals surface area contributed by atoms with Gasteiger partial charge in [0.2, 0.25) is 0 Å². The molecule has 0 radical (unpaired) electrons. The van der Waals surface area contributed by atoms with Gasteiger partial charge in [-0.05, 0) is 12.1 Å². The number of hydrogen-bond donors (Lipinski definition) is 2. The fraction of sp³-hybridized carbons (Fsp3) is 0.100. The third-order valence-corrected chi connectivity index (χ3v) is 1.77. The summed E-state index contributed by atoms with van der Waals surface area (Å²) >= 11 is 0. The average molecular weight is 206 g/mol. The van der Waals surface area contributed by atoms with Crippen molar-refractivity contribution in [3.8, 4) is 11.5 Å². The number of benzene rings is 1. The number of nitrogen functional groups attached to an aromatic ring is 1. The van der Waals surface area contributed by atoms with Gasteiger partial charge in [-0.2, -0.15) is 4.98 Å². The van der Waals surface area contributed by atoms with Crippen LogP contribution in [-0.4, -0.2) is 10.1 Å². The second-order valence-corrected chi connectivity index (χ2v) is 2.96. The monoisotopic (exact) mass is 206 g/mol. The highest BCUT2D eigenvalue weighted by atomic mass is 16.5. The Kier molecular flexibility index (Phi) is 2.45.